The SMILES string of the molecule is CCc1ccc(C(=O)NCCCC(N)=O)s1. The molecule has 1 aromatic heterocycles. The third kappa shape index (κ3) is 4.02. The van der Waals surface area contributed by atoms with Gasteiger partial charge in [0.15, 0.2) is 0 Å². The molecule has 0 atom stereocenters. The van der Waals surface area contributed by atoms with E-state index < -0.39 is 0 Å². The normalized spacial score (nSPS) is 10.1. The second kappa shape index (κ2) is 6.27. The van der Waals surface area contributed by atoms with Gasteiger partial charge in [0.2, 0.25) is 5.91 Å². The first kappa shape index (κ1) is 12.7. The Bertz CT molecular complexity index is 374. The Morgan fingerprint density at radius 2 is 2.19 bits per heavy atom. The van der Waals surface area contributed by atoms with E-state index in [1.165, 1.54) is 16.2 Å². The van der Waals surface area contributed by atoms with E-state index >= 15 is 0 Å². The van der Waals surface area contributed by atoms with Crippen LogP contribution in [0.3, 0.4) is 0 Å². The van der Waals surface area contributed by atoms with Crippen LogP contribution in [-0.4, -0.2) is 18.4 Å². The minimum Gasteiger partial charge on any atom is -0.370 e. The molecule has 3 N–H and O–H groups in total. The van der Waals surface area contributed by atoms with Crippen molar-refractivity contribution >= 4 is 23.2 Å². The lowest BCUT2D eigenvalue weighted by Crippen LogP contribution is -2.24. The molecule has 1 rings (SSSR count). The van der Waals surface area contributed by atoms with E-state index in [0.29, 0.717) is 19.4 Å². The molecule has 0 saturated carbocycles. The predicted octanol–water partition coefficient (Wildman–Crippen LogP) is 1.31. The third-order valence-corrected chi connectivity index (χ3v) is 3.35. The largest absolute Gasteiger partial charge is 0.370 e. The van der Waals surface area contributed by atoms with Gasteiger partial charge in [0, 0.05) is 17.8 Å². The summed E-state index contributed by atoms with van der Waals surface area (Å²) in [5.41, 5.74) is 4.99. The molecule has 16 heavy (non-hydrogen) atoms. The Kier molecular flexibility index (Phi) is 4.98. The minimum atomic E-state index is -0.335. The summed E-state index contributed by atoms with van der Waals surface area (Å²) < 4.78 is 0. The summed E-state index contributed by atoms with van der Waals surface area (Å²) in [6, 6.07) is 3.79. The fraction of sp³-hybridized carbons (Fsp3) is 0.455. The van der Waals surface area contributed by atoms with Gasteiger partial charge in [-0.2, -0.15) is 0 Å². The number of nitrogens with two attached hydrogens (primary N) is 1. The topological polar surface area (TPSA) is 72.2 Å². The summed E-state index contributed by atoms with van der Waals surface area (Å²) in [5, 5.41) is 2.76. The summed E-state index contributed by atoms with van der Waals surface area (Å²) in [6.45, 7) is 2.54. The molecule has 0 saturated heterocycles. The summed E-state index contributed by atoms with van der Waals surface area (Å²) in [7, 11) is 0. The van der Waals surface area contributed by atoms with Gasteiger partial charge in [-0.05, 0) is 25.0 Å². The molecule has 0 aliphatic rings. The molecular weight excluding hydrogens is 224 g/mol. The first-order valence-electron chi connectivity index (χ1n) is 5.28. The third-order valence-electron chi connectivity index (χ3n) is 2.12. The maximum absolute atomic E-state index is 11.6. The molecule has 88 valence electrons. The van der Waals surface area contributed by atoms with Crippen LogP contribution in [0.5, 0.6) is 0 Å². The van der Waals surface area contributed by atoms with Crippen LogP contribution in [0.2, 0.25) is 0 Å². The highest BCUT2D eigenvalue weighted by Gasteiger charge is 2.07. The number of rotatable bonds is 6. The van der Waals surface area contributed by atoms with Crippen LogP contribution in [0, 0.1) is 0 Å². The maximum atomic E-state index is 11.6. The highest BCUT2D eigenvalue weighted by Crippen LogP contribution is 2.16. The van der Waals surface area contributed by atoms with E-state index in [1.807, 2.05) is 12.1 Å². The molecule has 0 spiro atoms. The fourth-order valence-electron chi connectivity index (χ4n) is 1.24. The molecular formula is C11H16N2O2S. The highest BCUT2D eigenvalue weighted by molar-refractivity contribution is 7.14. The van der Waals surface area contributed by atoms with Crippen molar-refractivity contribution in [3.63, 3.8) is 0 Å². The van der Waals surface area contributed by atoms with E-state index in [9.17, 15) is 9.59 Å². The molecule has 0 fully saturated rings. The first-order valence-corrected chi connectivity index (χ1v) is 6.10. The number of carbonyl (C=O) groups is 2. The van der Waals surface area contributed by atoms with Gasteiger partial charge in [-0.3, -0.25) is 9.59 Å². The standard InChI is InChI=1S/C11H16N2O2S/c1-2-8-5-6-9(16-8)11(15)13-7-3-4-10(12)14/h5-6H,2-4,7H2,1H3,(H2,12,14)(H,13,15). The number of hydrogen-bond acceptors (Lipinski definition) is 3. The van der Waals surface area contributed by atoms with Gasteiger partial charge in [-0.15, -0.1) is 11.3 Å². The number of hydrogen-bond donors (Lipinski definition) is 2. The van der Waals surface area contributed by atoms with Gasteiger partial charge < -0.3 is 11.1 Å². The Hall–Kier alpha value is -1.36. The molecule has 1 heterocycles. The van der Waals surface area contributed by atoms with Gasteiger partial charge in [-0.1, -0.05) is 6.92 Å². The zero-order valence-electron chi connectivity index (χ0n) is 9.29. The quantitative estimate of drug-likeness (QED) is 0.736. The van der Waals surface area contributed by atoms with E-state index in [2.05, 4.69) is 12.2 Å². The van der Waals surface area contributed by atoms with Crippen LogP contribution < -0.4 is 11.1 Å². The first-order chi connectivity index (χ1) is 7.63. The zero-order valence-corrected chi connectivity index (χ0v) is 10.1. The van der Waals surface area contributed by atoms with Crippen molar-refractivity contribution in [3.05, 3.63) is 21.9 Å². The maximum Gasteiger partial charge on any atom is 0.261 e. The van der Waals surface area contributed by atoms with Gasteiger partial charge in [0.1, 0.15) is 0 Å². The molecule has 0 unspecified atom stereocenters. The number of carbonyl (C=O) groups excluding carboxylic acids is 2. The fourth-order valence-corrected chi connectivity index (χ4v) is 2.11. The van der Waals surface area contributed by atoms with Crippen LogP contribution >= 0.6 is 11.3 Å². The second-order valence-corrected chi connectivity index (χ2v) is 4.61. The average Bonchev–Trinajstić information content (AvgIpc) is 2.72. The van der Waals surface area contributed by atoms with Gasteiger partial charge in [0.25, 0.3) is 5.91 Å². The number of nitrogens with one attached hydrogen (secondary N) is 1. The van der Waals surface area contributed by atoms with Crippen molar-refractivity contribution in [1.29, 1.82) is 0 Å². The lowest BCUT2D eigenvalue weighted by molar-refractivity contribution is -0.118. The van der Waals surface area contributed by atoms with Crippen molar-refractivity contribution in [2.24, 2.45) is 5.73 Å². The van der Waals surface area contributed by atoms with E-state index in [-0.39, 0.29) is 11.8 Å². The van der Waals surface area contributed by atoms with E-state index in [0.717, 1.165) is 11.3 Å². The Morgan fingerprint density at radius 3 is 2.75 bits per heavy atom. The Morgan fingerprint density at radius 1 is 1.44 bits per heavy atom. The van der Waals surface area contributed by atoms with Crippen molar-refractivity contribution < 1.29 is 9.59 Å². The predicted molar refractivity (Wildman–Crippen MR) is 64.5 cm³/mol. The van der Waals surface area contributed by atoms with Crippen LogP contribution in [0.25, 0.3) is 0 Å². The number of primary amides is 1. The van der Waals surface area contributed by atoms with Crippen LogP contribution in [0.1, 0.15) is 34.3 Å². The molecule has 1 aromatic rings. The molecule has 0 aromatic carbocycles. The van der Waals surface area contributed by atoms with Crippen LogP contribution in [-0.2, 0) is 11.2 Å². The van der Waals surface area contributed by atoms with E-state index in [4.69, 9.17) is 5.73 Å². The van der Waals surface area contributed by atoms with Gasteiger partial charge in [0.05, 0.1) is 4.88 Å². The minimum absolute atomic E-state index is 0.0748. The van der Waals surface area contributed by atoms with Crippen LogP contribution in [0.15, 0.2) is 12.1 Å². The molecule has 0 radical (unpaired) electrons. The van der Waals surface area contributed by atoms with Crippen molar-refractivity contribution in [2.75, 3.05) is 6.54 Å². The number of aryl methyl sites for hydroxylation is 1. The molecule has 5 heteroatoms. The van der Waals surface area contributed by atoms with Crippen molar-refractivity contribution in [3.8, 4) is 0 Å². The smallest absolute Gasteiger partial charge is 0.261 e. The van der Waals surface area contributed by atoms with Crippen molar-refractivity contribution in [1.82, 2.24) is 5.32 Å². The van der Waals surface area contributed by atoms with Gasteiger partial charge in [-0.25, -0.2) is 0 Å². The molecule has 0 aliphatic carbocycles. The van der Waals surface area contributed by atoms with Gasteiger partial charge >= 0.3 is 0 Å². The average molecular weight is 240 g/mol. The molecule has 0 bridgehead atoms. The molecule has 4 nitrogen and oxygen atoms in total. The Balaban J connectivity index is 2.32. The Labute approximate surface area is 98.8 Å². The highest BCUT2D eigenvalue weighted by atomic mass is 32.1. The molecule has 2 amide bonds. The lowest BCUT2D eigenvalue weighted by atomic mass is 10.3. The summed E-state index contributed by atoms with van der Waals surface area (Å²) in [6.07, 6.45) is 1.84. The second-order valence-electron chi connectivity index (χ2n) is 3.45. The number of thiophene rings is 1. The summed E-state index contributed by atoms with van der Waals surface area (Å²) in [5.74, 6) is -0.409. The van der Waals surface area contributed by atoms with Crippen molar-refractivity contribution in [2.45, 2.75) is 26.2 Å². The monoisotopic (exact) mass is 240 g/mol. The zero-order chi connectivity index (χ0) is 12.0. The summed E-state index contributed by atoms with van der Waals surface area (Å²) in [4.78, 5) is 24.0. The lowest BCUT2D eigenvalue weighted by Gasteiger charge is -2.01. The number of amides is 2. The summed E-state index contributed by atoms with van der Waals surface area (Å²) >= 11 is 1.50. The van der Waals surface area contributed by atoms with E-state index in [1.54, 1.807) is 0 Å². The van der Waals surface area contributed by atoms with Crippen LogP contribution in [0.4, 0.5) is 0 Å². The molecule has 0 aliphatic heterocycles.